The van der Waals surface area contributed by atoms with Gasteiger partial charge in [0.05, 0.1) is 11.8 Å². The summed E-state index contributed by atoms with van der Waals surface area (Å²) in [6.07, 6.45) is 1.59. The van der Waals surface area contributed by atoms with Crippen LogP contribution in [0, 0.1) is 5.82 Å². The van der Waals surface area contributed by atoms with Gasteiger partial charge in [-0.2, -0.15) is 0 Å². The number of carbonyl (C=O) groups is 1. The highest BCUT2D eigenvalue weighted by atomic mass is 19.1. The summed E-state index contributed by atoms with van der Waals surface area (Å²) in [5, 5.41) is 2.80. The van der Waals surface area contributed by atoms with Crippen LogP contribution >= 0.6 is 0 Å². The molecule has 3 aromatic rings. The maximum atomic E-state index is 12.8. The molecule has 1 amide bonds. The third kappa shape index (κ3) is 2.18. The summed E-state index contributed by atoms with van der Waals surface area (Å²) in [6, 6.07) is 9.55. The van der Waals surface area contributed by atoms with Crippen LogP contribution < -0.4 is 5.32 Å². The van der Waals surface area contributed by atoms with Crippen LogP contribution in [0.25, 0.3) is 11.1 Å². The minimum atomic E-state index is -0.289. The molecule has 20 heavy (non-hydrogen) atoms. The van der Waals surface area contributed by atoms with Gasteiger partial charge in [0.25, 0.3) is 5.91 Å². The van der Waals surface area contributed by atoms with Crippen LogP contribution in [-0.4, -0.2) is 10.5 Å². The van der Waals surface area contributed by atoms with Gasteiger partial charge >= 0.3 is 0 Å². The summed E-state index contributed by atoms with van der Waals surface area (Å²) >= 11 is 0. The van der Waals surface area contributed by atoms with E-state index in [0.717, 1.165) is 11.1 Å². The first kappa shape index (κ1) is 12.5. The largest absolute Gasteiger partial charge is 0.463 e. The number of benzene rings is 1. The molecular formula is C15H13FN2O2. The van der Waals surface area contributed by atoms with E-state index in [0.29, 0.717) is 17.8 Å². The van der Waals surface area contributed by atoms with E-state index < -0.39 is 0 Å². The predicted molar refractivity (Wildman–Crippen MR) is 72.8 cm³/mol. The van der Waals surface area contributed by atoms with Crippen LogP contribution in [0.3, 0.4) is 0 Å². The first-order chi connectivity index (χ1) is 9.65. The second kappa shape index (κ2) is 4.85. The monoisotopic (exact) mass is 272 g/mol. The molecule has 0 aliphatic carbocycles. The van der Waals surface area contributed by atoms with Crippen molar-refractivity contribution in [2.24, 2.45) is 7.05 Å². The standard InChI is InChI=1S/C15H13FN2O2/c1-18-12-6-7-20-14(12)8-13(18)15(19)17-9-10-2-4-11(16)5-3-10/h2-8H,9H2,1H3,(H,17,19). The second-order valence-electron chi connectivity index (χ2n) is 4.57. The van der Waals surface area contributed by atoms with E-state index in [9.17, 15) is 9.18 Å². The smallest absolute Gasteiger partial charge is 0.268 e. The van der Waals surface area contributed by atoms with E-state index in [1.165, 1.54) is 12.1 Å². The van der Waals surface area contributed by atoms with Gasteiger partial charge in [-0.3, -0.25) is 4.79 Å². The van der Waals surface area contributed by atoms with Gasteiger partial charge in [0.1, 0.15) is 11.5 Å². The number of fused-ring (bicyclic) bond motifs is 1. The zero-order valence-electron chi connectivity index (χ0n) is 10.9. The van der Waals surface area contributed by atoms with Crippen LogP contribution in [0.4, 0.5) is 4.39 Å². The summed E-state index contributed by atoms with van der Waals surface area (Å²) in [5.41, 5.74) is 2.93. The molecule has 0 spiro atoms. The molecule has 5 heteroatoms. The van der Waals surface area contributed by atoms with E-state index >= 15 is 0 Å². The summed E-state index contributed by atoms with van der Waals surface area (Å²) in [4.78, 5) is 12.1. The van der Waals surface area contributed by atoms with E-state index in [1.54, 1.807) is 29.0 Å². The Kier molecular flexibility index (Phi) is 3.02. The van der Waals surface area contributed by atoms with Gasteiger partial charge in [0, 0.05) is 25.7 Å². The summed E-state index contributed by atoms with van der Waals surface area (Å²) in [6.45, 7) is 0.353. The highest BCUT2D eigenvalue weighted by Crippen LogP contribution is 2.19. The predicted octanol–water partition coefficient (Wildman–Crippen LogP) is 2.84. The molecule has 2 aromatic heterocycles. The van der Waals surface area contributed by atoms with E-state index in [1.807, 2.05) is 13.1 Å². The number of aromatic nitrogens is 1. The van der Waals surface area contributed by atoms with Gasteiger partial charge in [0.15, 0.2) is 5.58 Å². The quantitative estimate of drug-likeness (QED) is 0.797. The Hall–Kier alpha value is -2.56. The van der Waals surface area contributed by atoms with Crippen molar-refractivity contribution in [2.75, 3.05) is 0 Å². The van der Waals surface area contributed by atoms with Gasteiger partial charge in [-0.15, -0.1) is 0 Å². The molecule has 0 fully saturated rings. The maximum absolute atomic E-state index is 12.8. The fraction of sp³-hybridized carbons (Fsp3) is 0.133. The molecule has 1 aromatic carbocycles. The van der Waals surface area contributed by atoms with E-state index in [-0.39, 0.29) is 11.7 Å². The Balaban J connectivity index is 1.74. The number of nitrogens with one attached hydrogen (secondary N) is 1. The van der Waals surface area contributed by atoms with Crippen molar-refractivity contribution in [2.45, 2.75) is 6.54 Å². The van der Waals surface area contributed by atoms with Crippen molar-refractivity contribution < 1.29 is 13.6 Å². The SMILES string of the molecule is Cn1c(C(=O)NCc2ccc(F)cc2)cc2occc21. The average molecular weight is 272 g/mol. The number of hydrogen-bond donors (Lipinski definition) is 1. The number of furan rings is 1. The minimum Gasteiger partial charge on any atom is -0.463 e. The summed E-state index contributed by atoms with van der Waals surface area (Å²) in [5.74, 6) is -0.480. The number of carbonyl (C=O) groups excluding carboxylic acids is 1. The lowest BCUT2D eigenvalue weighted by atomic mass is 10.2. The third-order valence-electron chi connectivity index (χ3n) is 3.26. The highest BCUT2D eigenvalue weighted by molar-refractivity contribution is 5.97. The molecule has 0 radical (unpaired) electrons. The van der Waals surface area contributed by atoms with Crippen LogP contribution in [-0.2, 0) is 13.6 Å². The topological polar surface area (TPSA) is 47.2 Å². The molecule has 0 atom stereocenters. The molecule has 0 bridgehead atoms. The average Bonchev–Trinajstić information content (AvgIpc) is 3.01. The molecule has 4 nitrogen and oxygen atoms in total. The Morgan fingerprint density at radius 2 is 2.05 bits per heavy atom. The van der Waals surface area contributed by atoms with Crippen molar-refractivity contribution in [3.8, 4) is 0 Å². The molecular weight excluding hydrogens is 259 g/mol. The van der Waals surface area contributed by atoms with Crippen molar-refractivity contribution in [1.29, 1.82) is 0 Å². The minimum absolute atomic E-state index is 0.191. The first-order valence-corrected chi connectivity index (χ1v) is 6.21. The summed E-state index contributed by atoms with van der Waals surface area (Å²) in [7, 11) is 1.81. The Morgan fingerprint density at radius 3 is 2.75 bits per heavy atom. The lowest BCUT2D eigenvalue weighted by Gasteiger charge is -2.06. The Labute approximate surface area is 114 Å². The van der Waals surface area contributed by atoms with E-state index in [2.05, 4.69) is 5.32 Å². The van der Waals surface area contributed by atoms with Crippen LogP contribution in [0.5, 0.6) is 0 Å². The van der Waals surface area contributed by atoms with Gasteiger partial charge in [-0.05, 0) is 17.7 Å². The van der Waals surface area contributed by atoms with Crippen molar-refractivity contribution in [3.63, 3.8) is 0 Å². The number of nitrogens with zero attached hydrogens (tertiary/aromatic N) is 1. The zero-order chi connectivity index (χ0) is 14.1. The number of halogens is 1. The molecule has 102 valence electrons. The molecule has 1 N–H and O–H groups in total. The number of rotatable bonds is 3. The Bertz CT molecular complexity index is 756. The highest BCUT2D eigenvalue weighted by Gasteiger charge is 2.14. The lowest BCUT2D eigenvalue weighted by molar-refractivity contribution is 0.0943. The number of hydrogen-bond acceptors (Lipinski definition) is 2. The van der Waals surface area contributed by atoms with Crippen LogP contribution in [0.1, 0.15) is 16.1 Å². The van der Waals surface area contributed by atoms with E-state index in [4.69, 9.17) is 4.42 Å². The van der Waals surface area contributed by atoms with Gasteiger partial charge in [0.2, 0.25) is 0 Å². The molecule has 0 unspecified atom stereocenters. The third-order valence-corrected chi connectivity index (χ3v) is 3.26. The fourth-order valence-electron chi connectivity index (χ4n) is 2.14. The molecule has 3 rings (SSSR count). The normalized spacial score (nSPS) is 10.9. The Morgan fingerprint density at radius 1 is 1.30 bits per heavy atom. The lowest BCUT2D eigenvalue weighted by Crippen LogP contribution is -2.24. The van der Waals surface area contributed by atoms with Crippen LogP contribution in [0.2, 0.25) is 0 Å². The zero-order valence-corrected chi connectivity index (χ0v) is 10.9. The number of amides is 1. The fourth-order valence-corrected chi connectivity index (χ4v) is 2.14. The van der Waals surface area contributed by atoms with Crippen molar-refractivity contribution in [1.82, 2.24) is 9.88 Å². The number of aryl methyl sites for hydroxylation is 1. The van der Waals surface area contributed by atoms with Gasteiger partial charge in [-0.1, -0.05) is 12.1 Å². The van der Waals surface area contributed by atoms with Gasteiger partial charge in [-0.25, -0.2) is 4.39 Å². The second-order valence-corrected chi connectivity index (χ2v) is 4.57. The first-order valence-electron chi connectivity index (χ1n) is 6.21. The van der Waals surface area contributed by atoms with Crippen molar-refractivity contribution >= 4 is 17.0 Å². The summed E-state index contributed by atoms with van der Waals surface area (Å²) < 4.78 is 19.8. The molecule has 0 aliphatic rings. The molecule has 0 aliphatic heterocycles. The van der Waals surface area contributed by atoms with Crippen LogP contribution in [0.15, 0.2) is 47.1 Å². The van der Waals surface area contributed by atoms with Gasteiger partial charge < -0.3 is 14.3 Å². The maximum Gasteiger partial charge on any atom is 0.268 e. The van der Waals surface area contributed by atoms with Crippen molar-refractivity contribution in [3.05, 3.63) is 59.7 Å². The molecule has 0 saturated heterocycles. The molecule has 0 saturated carbocycles. The molecule has 2 heterocycles.